The Hall–Kier alpha value is 1.000. The maximum absolute atomic E-state index is 12.9. The summed E-state index contributed by atoms with van der Waals surface area (Å²) in [4.78, 5) is 104. The monoisotopic (exact) mass is 2810 g/mol. The highest BCUT2D eigenvalue weighted by atomic mass is 127. The number of likely N-dealkylation sites (N-methyl/N-ethyl adjacent to an activating group) is 2. The number of carbonyl (C=O) groups excluding carboxylic acids is 8. The van der Waals surface area contributed by atoms with Crippen LogP contribution in [0.15, 0.2) is 0 Å². The molecule has 0 aromatic heterocycles. The number of hydrogen-bond donors (Lipinski definition) is 20. The van der Waals surface area contributed by atoms with Gasteiger partial charge in [-0.3, -0.25) is 38.4 Å². The standard InChI is InChI=1S/C16H22I3N3O6.C16H20I3NO6.C15H19I3N2O6.C15H18I3NO5/c1-21(3-7(25)5-23)15(27)9-11(17)10(13(19)14(20)12(9)18)16(28)22(2)4-8(26)6-24;17-13-11(9(25)3-1-7(23)5-21)14(18)16(20)15(19)12(13)10(26)4-2-8(24)6-22;16-11-9(8(25)1-6(2-21)3-22)12(17)14(19)13(18)10(11)15(26)20-7(4-23)5-24;16-12-10(8(23)2-1-5-20)13(17)15(19)14(18)11(12)9(24)4-3-7(22)6-21/h7-8,23-26H,3-6,20H2,1-2H3;7-8,21-24H,1-6,20H2;6-7,21-24H,1-5,19H2,(H,20,26);7,20-22H,1-6,19H2. The summed E-state index contributed by atoms with van der Waals surface area (Å²) in [6, 6.07) is -0.832. The summed E-state index contributed by atoms with van der Waals surface area (Å²) in [5.41, 5.74) is 28.0. The second kappa shape index (κ2) is 51.8. The molecule has 4 aromatic rings. The van der Waals surface area contributed by atoms with Gasteiger partial charge in [0, 0.05) is 145 Å². The number of rotatable bonds is 36. The van der Waals surface area contributed by atoms with Gasteiger partial charge in [0.2, 0.25) is 0 Å². The van der Waals surface area contributed by atoms with E-state index < -0.39 is 106 Å². The van der Waals surface area contributed by atoms with Gasteiger partial charge in [-0.2, -0.15) is 0 Å². The van der Waals surface area contributed by atoms with E-state index in [4.69, 9.17) is 63.8 Å². The molecule has 0 aliphatic heterocycles. The number of nitrogen functional groups attached to an aromatic ring is 4. The molecule has 0 fully saturated rings. The molecule has 0 saturated heterocycles. The smallest absolute Gasteiger partial charge is 0.255 e. The maximum Gasteiger partial charge on any atom is 0.255 e. The van der Waals surface area contributed by atoms with Gasteiger partial charge in [-0.25, -0.2) is 0 Å². The second-order valence-electron chi connectivity index (χ2n) is 22.5. The average molecular weight is 2810 g/mol. The molecule has 5 unspecified atom stereocenters. The van der Waals surface area contributed by atoms with E-state index in [2.05, 4.69) is 5.32 Å². The van der Waals surface area contributed by atoms with Crippen molar-refractivity contribution in [1.29, 1.82) is 0 Å². The minimum atomic E-state index is -1.09. The average Bonchev–Trinajstić information content (AvgIpc) is 0.833. The first-order chi connectivity index (χ1) is 48.6. The Morgan fingerprint density at radius 3 is 0.856 bits per heavy atom. The van der Waals surface area contributed by atoms with Gasteiger partial charge in [0.15, 0.2) is 28.9 Å². The second-order valence-corrected chi connectivity index (χ2v) is 35.5. The Labute approximate surface area is 762 Å². The molecule has 3 amide bonds. The quantitative estimate of drug-likeness (QED) is 0.0171. The molecule has 4 aromatic carbocycles. The molecule has 104 heavy (non-hydrogen) atoms. The van der Waals surface area contributed by atoms with Crippen LogP contribution in [0.1, 0.15) is 141 Å². The molecule has 0 radical (unpaired) electrons. The predicted octanol–water partition coefficient (Wildman–Crippen LogP) is 4.34. The minimum Gasteiger partial charge on any atom is -0.397 e. The van der Waals surface area contributed by atoms with Crippen molar-refractivity contribution in [1.82, 2.24) is 15.1 Å². The SMILES string of the molecule is CN(CC(O)CO)C(=O)c1c(I)c(N)c(I)c(C(=O)N(C)CC(O)CO)c1I.Nc1c(I)c(C(=O)CC(CO)CO)c(I)c(C(=O)NC(CO)CO)c1I.Nc1c(I)c(C(=O)CCC(O)CO)c(I)c(C(=O)CCC(O)CO)c1I.Nc1c(I)c(C(=O)CCCO)c(I)c(C(=O)CCC(O)CO)c1I. The van der Waals surface area contributed by atoms with E-state index in [-0.39, 0.29) is 147 Å². The Kier molecular flexibility index (Phi) is 51.3. The normalized spacial score (nSPS) is 12.6. The molecular formula is C62H79I12N7O23. The number of hydrogen-bond acceptors (Lipinski definition) is 27. The highest BCUT2D eigenvalue weighted by Gasteiger charge is 2.34. The van der Waals surface area contributed by atoms with Crippen LogP contribution in [0, 0.1) is 48.8 Å². The van der Waals surface area contributed by atoms with E-state index >= 15 is 0 Å². The van der Waals surface area contributed by atoms with Gasteiger partial charge in [0.1, 0.15) is 0 Å². The molecule has 4 rings (SSSR count). The number of Topliss-reactive ketones (excluding diaryl/α,β-unsaturated/α-hetero) is 5. The summed E-state index contributed by atoms with van der Waals surface area (Å²) in [6.07, 6.45) is -4.18. The van der Waals surface area contributed by atoms with E-state index in [0.29, 0.717) is 82.9 Å². The number of halogens is 12. The van der Waals surface area contributed by atoms with E-state index in [1.54, 1.807) is 0 Å². The molecule has 584 valence electrons. The molecule has 30 nitrogen and oxygen atoms in total. The van der Waals surface area contributed by atoms with Crippen LogP contribution in [-0.2, 0) is 0 Å². The van der Waals surface area contributed by atoms with E-state index in [0.717, 1.165) is 0 Å². The highest BCUT2D eigenvalue weighted by molar-refractivity contribution is 14.1. The van der Waals surface area contributed by atoms with E-state index in [9.17, 15) is 74.1 Å². The molecule has 5 atom stereocenters. The lowest BCUT2D eigenvalue weighted by Gasteiger charge is -2.25. The third-order valence-corrected chi connectivity index (χ3v) is 27.9. The van der Waals surface area contributed by atoms with Crippen LogP contribution in [0.2, 0.25) is 0 Å². The van der Waals surface area contributed by atoms with Gasteiger partial charge in [-0.05, 0) is 297 Å². The summed E-state index contributed by atoms with van der Waals surface area (Å²) in [7, 11) is 2.96. The van der Waals surface area contributed by atoms with Crippen LogP contribution in [0.4, 0.5) is 22.7 Å². The molecule has 0 aliphatic rings. The number of nitrogens with two attached hydrogens (primary N) is 4. The van der Waals surface area contributed by atoms with Gasteiger partial charge in [-0.15, -0.1) is 0 Å². The third kappa shape index (κ3) is 29.7. The van der Waals surface area contributed by atoms with Gasteiger partial charge in [-0.1, -0.05) is 0 Å². The zero-order chi connectivity index (χ0) is 80.2. The molecule has 0 saturated carbocycles. The number of benzene rings is 4. The number of anilines is 4. The first-order valence-corrected chi connectivity index (χ1v) is 43.4. The Balaban J connectivity index is 0.000000694. The molecule has 0 heterocycles. The first-order valence-electron chi connectivity index (χ1n) is 30.4. The summed E-state index contributed by atoms with van der Waals surface area (Å²) < 4.78 is 6.02. The van der Waals surface area contributed by atoms with Crippen molar-refractivity contribution in [3.05, 3.63) is 87.3 Å². The molecule has 0 bridgehead atoms. The largest absolute Gasteiger partial charge is 0.397 e. The molecule has 42 heteroatoms. The number of nitrogens with one attached hydrogen (secondary N) is 1. The van der Waals surface area contributed by atoms with E-state index in [1.807, 2.05) is 271 Å². The molecule has 24 N–H and O–H groups in total. The van der Waals surface area contributed by atoms with Crippen molar-refractivity contribution in [2.75, 3.05) is 116 Å². The number of aliphatic hydroxyl groups is 15. The zero-order valence-corrected chi connectivity index (χ0v) is 81.0. The van der Waals surface area contributed by atoms with Crippen LogP contribution in [-0.4, -0.2) is 263 Å². The summed E-state index contributed by atoms with van der Waals surface area (Å²) >= 11 is 23.3. The zero-order valence-electron chi connectivity index (χ0n) is 55.1. The summed E-state index contributed by atoms with van der Waals surface area (Å²) in [6.45, 7) is -4.01. The lowest BCUT2D eigenvalue weighted by Crippen LogP contribution is -2.41. The highest BCUT2D eigenvalue weighted by Crippen LogP contribution is 2.40. The van der Waals surface area contributed by atoms with Crippen LogP contribution in [0.5, 0.6) is 0 Å². The number of aliphatic hydroxyl groups excluding tert-OH is 15. The van der Waals surface area contributed by atoms with Crippen LogP contribution in [0.25, 0.3) is 0 Å². The number of amides is 3. The maximum atomic E-state index is 12.9. The summed E-state index contributed by atoms with van der Waals surface area (Å²) in [5.74, 6) is -3.32. The molecule has 0 spiro atoms. The minimum absolute atomic E-state index is 0.0185. The predicted molar refractivity (Wildman–Crippen MR) is 489 cm³/mol. The van der Waals surface area contributed by atoms with Crippen molar-refractivity contribution in [2.24, 2.45) is 5.92 Å². The van der Waals surface area contributed by atoms with E-state index in [1.165, 1.54) is 23.9 Å². The Bertz CT molecular complexity index is 3510. The summed E-state index contributed by atoms with van der Waals surface area (Å²) in [5, 5.41) is 140. The Morgan fingerprint density at radius 2 is 0.587 bits per heavy atom. The van der Waals surface area contributed by atoms with Crippen molar-refractivity contribution in [3.63, 3.8) is 0 Å². The van der Waals surface area contributed by atoms with Gasteiger partial charge in [0.25, 0.3) is 17.7 Å². The molecule has 0 aliphatic carbocycles. The van der Waals surface area contributed by atoms with Crippen molar-refractivity contribution in [3.8, 4) is 0 Å². The first kappa shape index (κ1) is 103. The Morgan fingerprint density at radius 1 is 0.337 bits per heavy atom. The van der Waals surface area contributed by atoms with Crippen molar-refractivity contribution >= 4 is 340 Å². The number of carbonyl (C=O) groups is 8. The van der Waals surface area contributed by atoms with Crippen molar-refractivity contribution < 1.29 is 115 Å². The van der Waals surface area contributed by atoms with Crippen molar-refractivity contribution in [2.45, 2.75) is 94.3 Å². The molecular weight excluding hydrogens is 2730 g/mol. The van der Waals surface area contributed by atoms with Crippen LogP contribution in [0.3, 0.4) is 0 Å². The van der Waals surface area contributed by atoms with Gasteiger partial charge < -0.3 is 115 Å². The third-order valence-electron chi connectivity index (χ3n) is 14.6. The fraction of sp³-hybridized carbons (Fsp3) is 0.484. The fourth-order valence-electron chi connectivity index (χ4n) is 8.69. The van der Waals surface area contributed by atoms with Crippen LogP contribution < -0.4 is 28.3 Å². The number of nitrogens with zero attached hydrogens (tertiary/aromatic N) is 2. The van der Waals surface area contributed by atoms with Crippen LogP contribution >= 0.6 is 271 Å². The number of ketones is 5. The van der Waals surface area contributed by atoms with Gasteiger partial charge in [0.05, 0.1) is 133 Å². The lowest BCUT2D eigenvalue weighted by molar-refractivity contribution is 0.0514. The lowest BCUT2D eigenvalue weighted by atomic mass is 9.97. The topological polar surface area (TPSA) is 563 Å². The fourth-order valence-corrected chi connectivity index (χ4v) is 25.8. The van der Waals surface area contributed by atoms with Gasteiger partial charge >= 0.3 is 0 Å².